The van der Waals surface area contributed by atoms with E-state index in [0.717, 1.165) is 24.4 Å². The normalized spacial score (nSPS) is 12.0. The monoisotopic (exact) mass is 396 g/mol. The van der Waals surface area contributed by atoms with Crippen molar-refractivity contribution in [1.29, 1.82) is 0 Å². The smallest absolute Gasteiger partial charge is 0.297 e. The predicted octanol–water partition coefficient (Wildman–Crippen LogP) is 3.50. The van der Waals surface area contributed by atoms with Gasteiger partial charge in [0.2, 0.25) is 5.82 Å². The molecule has 1 unspecified atom stereocenters. The zero-order valence-electron chi connectivity index (χ0n) is 14.9. The Balaban J connectivity index is 0.00000243. The molecule has 0 fully saturated rings. The molecular formula is C17H22Cl2N6O. The summed E-state index contributed by atoms with van der Waals surface area (Å²) in [5.41, 5.74) is 0.787. The van der Waals surface area contributed by atoms with Crippen molar-refractivity contribution >= 4 is 24.0 Å². The van der Waals surface area contributed by atoms with Gasteiger partial charge >= 0.3 is 0 Å². The number of likely N-dealkylation sites (N-methyl/N-ethyl adjacent to an activating group) is 1. The van der Waals surface area contributed by atoms with Crippen LogP contribution in [0.2, 0.25) is 5.02 Å². The molecule has 3 rings (SSSR count). The molecule has 1 N–H and O–H groups in total. The van der Waals surface area contributed by atoms with Crippen LogP contribution in [0, 0.1) is 0 Å². The van der Waals surface area contributed by atoms with Crippen molar-refractivity contribution in [2.75, 3.05) is 7.05 Å². The lowest BCUT2D eigenvalue weighted by atomic mass is 10.2. The van der Waals surface area contributed by atoms with Crippen LogP contribution in [0.25, 0.3) is 17.4 Å². The van der Waals surface area contributed by atoms with Crippen molar-refractivity contribution < 1.29 is 4.52 Å². The molecular weight excluding hydrogens is 375 g/mol. The van der Waals surface area contributed by atoms with Gasteiger partial charge in [-0.05, 0) is 32.5 Å². The van der Waals surface area contributed by atoms with Gasteiger partial charge in [0.15, 0.2) is 5.82 Å². The van der Waals surface area contributed by atoms with Crippen LogP contribution in [-0.2, 0) is 12.8 Å². The molecule has 0 bridgehead atoms. The van der Waals surface area contributed by atoms with Crippen molar-refractivity contribution in [3.05, 3.63) is 40.9 Å². The Morgan fingerprint density at radius 1 is 1.27 bits per heavy atom. The standard InChI is InChI=1S/C17H21ClN6O.ClH/c1-4-7-15-21-16(17-20-14(23-25-17)10-11(2)19-3)22-24(15)13-9-6-5-8-12(13)18;/h5-6,8-9,11,19H,4,7,10H2,1-3H3;1H. The number of aryl methyl sites for hydroxylation is 1. The number of rotatable bonds is 7. The fourth-order valence-electron chi connectivity index (χ4n) is 2.44. The van der Waals surface area contributed by atoms with Crippen LogP contribution in [0.5, 0.6) is 0 Å². The fraction of sp³-hybridized carbons (Fsp3) is 0.412. The lowest BCUT2D eigenvalue weighted by molar-refractivity contribution is 0.415. The van der Waals surface area contributed by atoms with Crippen molar-refractivity contribution in [1.82, 2.24) is 30.2 Å². The summed E-state index contributed by atoms with van der Waals surface area (Å²) in [6.07, 6.45) is 2.39. The summed E-state index contributed by atoms with van der Waals surface area (Å²) in [5, 5.41) is 12.3. The van der Waals surface area contributed by atoms with Gasteiger partial charge in [0.1, 0.15) is 5.82 Å². The van der Waals surface area contributed by atoms with Crippen molar-refractivity contribution in [3.8, 4) is 17.4 Å². The van der Waals surface area contributed by atoms with Gasteiger partial charge in [0.25, 0.3) is 5.89 Å². The van der Waals surface area contributed by atoms with E-state index in [1.54, 1.807) is 4.68 Å². The second kappa shape index (κ2) is 9.12. The highest BCUT2D eigenvalue weighted by molar-refractivity contribution is 6.32. The summed E-state index contributed by atoms with van der Waals surface area (Å²) >= 11 is 6.32. The van der Waals surface area contributed by atoms with Crippen LogP contribution in [0.15, 0.2) is 28.8 Å². The van der Waals surface area contributed by atoms with Crippen LogP contribution < -0.4 is 5.32 Å². The molecule has 2 aromatic heterocycles. The molecule has 1 atom stereocenters. The van der Waals surface area contributed by atoms with E-state index in [4.69, 9.17) is 16.1 Å². The Morgan fingerprint density at radius 3 is 2.73 bits per heavy atom. The van der Waals surface area contributed by atoms with Crippen LogP contribution in [0.1, 0.15) is 31.9 Å². The second-order valence-electron chi connectivity index (χ2n) is 5.87. The Hall–Kier alpha value is -1.96. The summed E-state index contributed by atoms with van der Waals surface area (Å²) in [5.74, 6) is 2.18. The molecule has 26 heavy (non-hydrogen) atoms. The number of aromatic nitrogens is 5. The maximum atomic E-state index is 6.32. The van der Waals surface area contributed by atoms with Gasteiger partial charge in [-0.15, -0.1) is 17.5 Å². The molecule has 1 aromatic carbocycles. The van der Waals surface area contributed by atoms with Gasteiger partial charge in [0, 0.05) is 18.9 Å². The van der Waals surface area contributed by atoms with Gasteiger partial charge in [-0.3, -0.25) is 0 Å². The first kappa shape index (κ1) is 20.4. The summed E-state index contributed by atoms with van der Waals surface area (Å²) in [6.45, 7) is 4.15. The minimum atomic E-state index is 0. The highest BCUT2D eigenvalue weighted by Crippen LogP contribution is 2.23. The van der Waals surface area contributed by atoms with E-state index < -0.39 is 0 Å². The largest absolute Gasteiger partial charge is 0.330 e. The Bertz CT molecular complexity index is 847. The SMILES string of the molecule is CCCc1nc(-c2nc(CC(C)NC)no2)nn1-c1ccccc1Cl.Cl. The number of halogens is 2. The van der Waals surface area contributed by atoms with E-state index in [1.807, 2.05) is 31.3 Å². The molecule has 0 aliphatic heterocycles. The third-order valence-corrected chi connectivity index (χ3v) is 4.19. The topological polar surface area (TPSA) is 81.7 Å². The third kappa shape index (κ3) is 4.41. The Kier molecular flexibility index (Phi) is 7.14. The number of para-hydroxylation sites is 1. The lowest BCUT2D eigenvalue weighted by Gasteiger charge is -2.06. The van der Waals surface area contributed by atoms with Crippen LogP contribution in [0.4, 0.5) is 0 Å². The molecule has 140 valence electrons. The van der Waals surface area contributed by atoms with E-state index in [1.165, 1.54) is 0 Å². The van der Waals surface area contributed by atoms with Gasteiger partial charge < -0.3 is 9.84 Å². The van der Waals surface area contributed by atoms with Crippen molar-refractivity contribution in [3.63, 3.8) is 0 Å². The van der Waals surface area contributed by atoms with Gasteiger partial charge in [0.05, 0.1) is 10.7 Å². The van der Waals surface area contributed by atoms with E-state index in [9.17, 15) is 0 Å². The van der Waals surface area contributed by atoms with Crippen molar-refractivity contribution in [2.45, 2.75) is 39.2 Å². The average Bonchev–Trinajstić information content (AvgIpc) is 3.23. The zero-order valence-corrected chi connectivity index (χ0v) is 16.5. The number of hydrogen-bond donors (Lipinski definition) is 1. The highest BCUT2D eigenvalue weighted by atomic mass is 35.5. The molecule has 3 aromatic rings. The van der Waals surface area contributed by atoms with Gasteiger partial charge in [-0.1, -0.05) is 35.8 Å². The highest BCUT2D eigenvalue weighted by Gasteiger charge is 2.19. The number of nitrogens with one attached hydrogen (secondary N) is 1. The molecule has 9 heteroatoms. The van der Waals surface area contributed by atoms with Crippen LogP contribution >= 0.6 is 24.0 Å². The second-order valence-corrected chi connectivity index (χ2v) is 6.28. The van der Waals surface area contributed by atoms with Crippen LogP contribution in [0.3, 0.4) is 0 Å². The maximum Gasteiger partial charge on any atom is 0.297 e. The molecule has 0 saturated carbocycles. The molecule has 0 spiro atoms. The van der Waals surface area contributed by atoms with Crippen LogP contribution in [-0.4, -0.2) is 38.0 Å². The quantitative estimate of drug-likeness (QED) is 0.657. The Labute approximate surface area is 163 Å². The molecule has 0 aliphatic rings. The molecule has 2 heterocycles. The molecule has 0 saturated heterocycles. The third-order valence-electron chi connectivity index (χ3n) is 3.87. The summed E-state index contributed by atoms with van der Waals surface area (Å²) in [6, 6.07) is 7.80. The minimum absolute atomic E-state index is 0. The number of hydrogen-bond acceptors (Lipinski definition) is 6. The minimum Gasteiger partial charge on any atom is -0.330 e. The average molecular weight is 397 g/mol. The van der Waals surface area contributed by atoms with Gasteiger partial charge in [-0.25, -0.2) is 9.67 Å². The summed E-state index contributed by atoms with van der Waals surface area (Å²) < 4.78 is 7.10. The van der Waals surface area contributed by atoms with E-state index in [-0.39, 0.29) is 18.4 Å². The Morgan fingerprint density at radius 2 is 2.04 bits per heavy atom. The number of nitrogens with zero attached hydrogens (tertiary/aromatic N) is 5. The maximum absolute atomic E-state index is 6.32. The first-order valence-corrected chi connectivity index (χ1v) is 8.71. The molecule has 7 nitrogen and oxygen atoms in total. The molecule has 0 aliphatic carbocycles. The van der Waals surface area contributed by atoms with E-state index >= 15 is 0 Å². The molecule has 0 radical (unpaired) electrons. The van der Waals surface area contributed by atoms with E-state index in [2.05, 4.69) is 39.4 Å². The first-order valence-electron chi connectivity index (χ1n) is 8.33. The number of benzene rings is 1. The summed E-state index contributed by atoms with van der Waals surface area (Å²) in [4.78, 5) is 8.99. The van der Waals surface area contributed by atoms with Gasteiger partial charge in [-0.2, -0.15) is 4.98 Å². The summed E-state index contributed by atoms with van der Waals surface area (Å²) in [7, 11) is 1.90. The van der Waals surface area contributed by atoms with Crippen molar-refractivity contribution in [2.24, 2.45) is 0 Å². The fourth-order valence-corrected chi connectivity index (χ4v) is 2.66. The van der Waals surface area contributed by atoms with E-state index in [0.29, 0.717) is 29.0 Å². The first-order chi connectivity index (χ1) is 12.1. The predicted molar refractivity (Wildman–Crippen MR) is 103 cm³/mol. The lowest BCUT2D eigenvalue weighted by Crippen LogP contribution is -2.24. The zero-order chi connectivity index (χ0) is 17.8. The molecule has 0 amide bonds.